The Labute approximate surface area is 72.8 Å². The molecule has 1 heterocycles. The monoisotopic (exact) mass is 164 g/mol. The molecule has 2 heteroatoms. The Bertz CT molecular complexity index is 296. The standard InChI is InChI=1S/C10H13NO/c1-11-7-6-8-9(11)4-3-5-10(8)12-2/h3-5H,6-7H2,1-2H3/p+1. The maximum Gasteiger partial charge on any atom is 0.138 e. The van der Waals surface area contributed by atoms with Crippen molar-refractivity contribution >= 4 is 5.69 Å². The van der Waals surface area contributed by atoms with Crippen LogP contribution in [0, 0.1) is 0 Å². The van der Waals surface area contributed by atoms with Crippen molar-refractivity contribution in [2.75, 3.05) is 20.7 Å². The molecule has 0 saturated carbocycles. The van der Waals surface area contributed by atoms with Gasteiger partial charge in [0.15, 0.2) is 0 Å². The van der Waals surface area contributed by atoms with Crippen LogP contribution in [0.3, 0.4) is 0 Å². The van der Waals surface area contributed by atoms with E-state index >= 15 is 0 Å². The second kappa shape index (κ2) is 2.79. The summed E-state index contributed by atoms with van der Waals surface area (Å²) in [5, 5.41) is 0. The van der Waals surface area contributed by atoms with Gasteiger partial charge in [-0.3, -0.25) is 0 Å². The predicted octanol–water partition coefficient (Wildman–Crippen LogP) is 0.397. The summed E-state index contributed by atoms with van der Waals surface area (Å²) in [4.78, 5) is 1.49. The molecule has 2 rings (SSSR count). The number of quaternary nitrogens is 1. The number of likely N-dealkylation sites (N-methyl/N-ethyl adjacent to an activating group) is 1. The van der Waals surface area contributed by atoms with Gasteiger partial charge in [-0.1, -0.05) is 6.07 Å². The molecule has 0 fully saturated rings. The summed E-state index contributed by atoms with van der Waals surface area (Å²) >= 11 is 0. The van der Waals surface area contributed by atoms with Crippen molar-refractivity contribution in [3.05, 3.63) is 23.8 Å². The molecule has 1 atom stereocenters. The van der Waals surface area contributed by atoms with Crippen molar-refractivity contribution in [3.63, 3.8) is 0 Å². The van der Waals surface area contributed by atoms with Gasteiger partial charge in [0.05, 0.1) is 26.3 Å². The third-order valence-electron chi connectivity index (χ3n) is 2.56. The Kier molecular flexibility index (Phi) is 1.77. The number of hydrogen-bond donors (Lipinski definition) is 1. The van der Waals surface area contributed by atoms with Crippen LogP contribution in [0.4, 0.5) is 5.69 Å². The lowest BCUT2D eigenvalue weighted by Gasteiger charge is -2.06. The van der Waals surface area contributed by atoms with Crippen molar-refractivity contribution in [3.8, 4) is 5.75 Å². The topological polar surface area (TPSA) is 13.7 Å². The fourth-order valence-electron chi connectivity index (χ4n) is 1.86. The molecular weight excluding hydrogens is 150 g/mol. The minimum Gasteiger partial charge on any atom is -0.496 e. The molecule has 1 aliphatic rings. The van der Waals surface area contributed by atoms with Gasteiger partial charge in [-0.25, -0.2) is 0 Å². The normalized spacial score (nSPS) is 20.7. The lowest BCUT2D eigenvalue weighted by atomic mass is 10.1. The van der Waals surface area contributed by atoms with E-state index in [-0.39, 0.29) is 0 Å². The Morgan fingerprint density at radius 1 is 1.42 bits per heavy atom. The molecule has 12 heavy (non-hydrogen) atoms. The van der Waals surface area contributed by atoms with Crippen molar-refractivity contribution in [2.45, 2.75) is 6.42 Å². The number of ether oxygens (including phenoxy) is 1. The van der Waals surface area contributed by atoms with Gasteiger partial charge in [0.25, 0.3) is 0 Å². The van der Waals surface area contributed by atoms with Gasteiger partial charge in [0, 0.05) is 6.42 Å². The molecule has 0 saturated heterocycles. The molecule has 2 nitrogen and oxygen atoms in total. The van der Waals surface area contributed by atoms with Crippen LogP contribution < -0.4 is 9.64 Å². The van der Waals surface area contributed by atoms with Gasteiger partial charge >= 0.3 is 0 Å². The number of rotatable bonds is 1. The molecule has 1 N–H and O–H groups in total. The van der Waals surface area contributed by atoms with Crippen LogP contribution in [0.1, 0.15) is 5.56 Å². The zero-order valence-corrected chi connectivity index (χ0v) is 7.55. The largest absolute Gasteiger partial charge is 0.496 e. The minimum absolute atomic E-state index is 1.05. The van der Waals surface area contributed by atoms with Crippen LogP contribution in [-0.2, 0) is 6.42 Å². The van der Waals surface area contributed by atoms with E-state index in [0.29, 0.717) is 0 Å². The van der Waals surface area contributed by atoms with Crippen LogP contribution in [0.5, 0.6) is 5.75 Å². The van der Waals surface area contributed by atoms with Crippen molar-refractivity contribution in [1.82, 2.24) is 0 Å². The van der Waals surface area contributed by atoms with Crippen LogP contribution in [0.25, 0.3) is 0 Å². The minimum atomic E-state index is 1.05. The molecule has 0 aromatic heterocycles. The molecule has 0 bridgehead atoms. The number of nitrogens with one attached hydrogen (secondary N) is 1. The van der Waals surface area contributed by atoms with E-state index in [9.17, 15) is 0 Å². The van der Waals surface area contributed by atoms with Gasteiger partial charge in [0.1, 0.15) is 11.4 Å². The third kappa shape index (κ3) is 0.994. The molecule has 1 aliphatic heterocycles. The SMILES string of the molecule is COc1cccc2c1CC[NH+]2C. The lowest BCUT2D eigenvalue weighted by Crippen LogP contribution is -3.02. The molecule has 64 valence electrons. The van der Waals surface area contributed by atoms with E-state index in [0.717, 1.165) is 12.2 Å². The van der Waals surface area contributed by atoms with Gasteiger partial charge in [-0.2, -0.15) is 0 Å². The first kappa shape index (κ1) is 7.62. The summed E-state index contributed by atoms with van der Waals surface area (Å²) in [6.45, 7) is 1.19. The quantitative estimate of drug-likeness (QED) is 0.634. The van der Waals surface area contributed by atoms with Crippen LogP contribution in [0.15, 0.2) is 18.2 Å². The number of hydrogen-bond acceptors (Lipinski definition) is 1. The van der Waals surface area contributed by atoms with E-state index in [1.54, 1.807) is 7.11 Å². The highest BCUT2D eigenvalue weighted by atomic mass is 16.5. The summed E-state index contributed by atoms with van der Waals surface area (Å²) in [5.74, 6) is 1.05. The lowest BCUT2D eigenvalue weighted by molar-refractivity contribution is -0.803. The number of methoxy groups -OCH3 is 1. The third-order valence-corrected chi connectivity index (χ3v) is 2.56. The van der Waals surface area contributed by atoms with Gasteiger partial charge < -0.3 is 9.64 Å². The Morgan fingerprint density at radius 2 is 2.25 bits per heavy atom. The van der Waals surface area contributed by atoms with E-state index in [2.05, 4.69) is 19.2 Å². The average molecular weight is 164 g/mol. The summed E-state index contributed by atoms with van der Waals surface area (Å²) in [7, 11) is 3.94. The summed E-state index contributed by atoms with van der Waals surface area (Å²) in [6.07, 6.45) is 1.14. The number of benzene rings is 1. The molecular formula is C10H14NO+. The fourth-order valence-corrected chi connectivity index (χ4v) is 1.86. The molecule has 1 aromatic rings. The maximum absolute atomic E-state index is 5.29. The predicted molar refractivity (Wildman–Crippen MR) is 48.1 cm³/mol. The van der Waals surface area contributed by atoms with Crippen LogP contribution >= 0.6 is 0 Å². The first-order chi connectivity index (χ1) is 5.83. The van der Waals surface area contributed by atoms with E-state index in [4.69, 9.17) is 4.74 Å². The Balaban J connectivity index is 2.50. The highest BCUT2D eigenvalue weighted by Crippen LogP contribution is 2.26. The Hall–Kier alpha value is -1.02. The van der Waals surface area contributed by atoms with Gasteiger partial charge in [-0.05, 0) is 12.1 Å². The van der Waals surface area contributed by atoms with Crippen LogP contribution in [-0.4, -0.2) is 20.7 Å². The zero-order chi connectivity index (χ0) is 8.55. The second-order valence-electron chi connectivity index (χ2n) is 3.27. The van der Waals surface area contributed by atoms with Crippen LogP contribution in [0.2, 0.25) is 0 Å². The Morgan fingerprint density at radius 3 is 3.00 bits per heavy atom. The molecule has 1 aromatic carbocycles. The fraction of sp³-hybridized carbons (Fsp3) is 0.400. The summed E-state index contributed by atoms with van der Waals surface area (Å²) in [6, 6.07) is 6.28. The zero-order valence-electron chi connectivity index (χ0n) is 7.55. The smallest absolute Gasteiger partial charge is 0.138 e. The van der Waals surface area contributed by atoms with E-state index < -0.39 is 0 Å². The molecule has 0 amide bonds. The van der Waals surface area contributed by atoms with E-state index in [1.807, 2.05) is 6.07 Å². The maximum atomic E-state index is 5.29. The molecule has 0 aliphatic carbocycles. The van der Waals surface area contributed by atoms with Crippen molar-refractivity contribution in [2.24, 2.45) is 0 Å². The summed E-state index contributed by atoms with van der Waals surface area (Å²) < 4.78 is 5.29. The van der Waals surface area contributed by atoms with Crippen molar-refractivity contribution < 1.29 is 9.64 Å². The average Bonchev–Trinajstić information content (AvgIpc) is 2.48. The molecule has 0 spiro atoms. The number of fused-ring (bicyclic) bond motifs is 1. The first-order valence-electron chi connectivity index (χ1n) is 4.31. The second-order valence-corrected chi connectivity index (χ2v) is 3.27. The highest BCUT2D eigenvalue weighted by Gasteiger charge is 2.23. The summed E-state index contributed by atoms with van der Waals surface area (Å²) in [5.41, 5.74) is 2.78. The highest BCUT2D eigenvalue weighted by molar-refractivity contribution is 5.50. The first-order valence-corrected chi connectivity index (χ1v) is 4.31. The molecule has 0 radical (unpaired) electrons. The molecule has 1 unspecified atom stereocenters. The van der Waals surface area contributed by atoms with Gasteiger partial charge in [-0.15, -0.1) is 0 Å². The van der Waals surface area contributed by atoms with E-state index in [1.165, 1.54) is 22.7 Å². The van der Waals surface area contributed by atoms with Crippen molar-refractivity contribution in [1.29, 1.82) is 0 Å². The van der Waals surface area contributed by atoms with Gasteiger partial charge in [0.2, 0.25) is 0 Å².